The number of ether oxygens (including phenoxy) is 1. The van der Waals surface area contributed by atoms with E-state index >= 15 is 0 Å². The molecule has 0 spiro atoms. The first kappa shape index (κ1) is 22.7. The maximum Gasteiger partial charge on any atom is 0.408 e. The Labute approximate surface area is 162 Å². The molecular formula is C18H26N4O6. The van der Waals surface area contributed by atoms with Crippen LogP contribution in [0.3, 0.4) is 0 Å². The minimum absolute atomic E-state index is 0.0362. The molecule has 1 aromatic carbocycles. The normalized spacial score (nSPS) is 12.8. The zero-order chi connectivity index (χ0) is 21.3. The van der Waals surface area contributed by atoms with Crippen LogP contribution in [0.15, 0.2) is 29.4 Å². The van der Waals surface area contributed by atoms with Gasteiger partial charge in [-0.05, 0) is 32.8 Å². The minimum atomic E-state index is -1.08. The van der Waals surface area contributed by atoms with Crippen LogP contribution in [-0.2, 0) is 20.9 Å². The summed E-state index contributed by atoms with van der Waals surface area (Å²) >= 11 is 0. The van der Waals surface area contributed by atoms with Crippen molar-refractivity contribution in [3.8, 4) is 0 Å². The van der Waals surface area contributed by atoms with Crippen molar-refractivity contribution in [1.29, 1.82) is 0 Å². The Kier molecular flexibility index (Phi) is 8.24. The highest BCUT2D eigenvalue weighted by atomic mass is 16.6. The first-order valence-corrected chi connectivity index (χ1v) is 8.57. The van der Waals surface area contributed by atoms with E-state index in [0.29, 0.717) is 5.56 Å². The number of benzene rings is 1. The van der Waals surface area contributed by atoms with Crippen molar-refractivity contribution < 1.29 is 29.4 Å². The fraction of sp³-hybridized carbons (Fsp3) is 0.444. The molecule has 0 saturated carbocycles. The van der Waals surface area contributed by atoms with Crippen LogP contribution in [-0.4, -0.2) is 45.8 Å². The molecule has 1 rings (SSSR count). The number of hydrogen-bond acceptors (Lipinski definition) is 6. The summed E-state index contributed by atoms with van der Waals surface area (Å²) < 4.78 is 5.11. The molecule has 0 bridgehead atoms. The third-order valence-electron chi connectivity index (χ3n) is 3.48. The highest BCUT2D eigenvalue weighted by molar-refractivity contribution is 5.97. The third-order valence-corrected chi connectivity index (χ3v) is 3.48. The predicted octanol–water partition coefficient (Wildman–Crippen LogP) is 1.16. The van der Waals surface area contributed by atoms with E-state index in [1.54, 1.807) is 45.0 Å². The van der Waals surface area contributed by atoms with Crippen LogP contribution < -0.4 is 16.4 Å². The van der Waals surface area contributed by atoms with Gasteiger partial charge in [0.1, 0.15) is 11.6 Å². The zero-order valence-corrected chi connectivity index (χ0v) is 16.1. The van der Waals surface area contributed by atoms with Crippen LogP contribution in [0, 0.1) is 0 Å². The quantitative estimate of drug-likeness (QED) is 0.191. The number of carboxylic acid groups (broad SMARTS) is 1. The van der Waals surface area contributed by atoms with E-state index in [4.69, 9.17) is 20.8 Å². The number of carbonyl (C=O) groups excluding carboxylic acids is 2. The molecule has 1 atom stereocenters. The van der Waals surface area contributed by atoms with Gasteiger partial charge in [0.15, 0.2) is 5.84 Å². The average Bonchev–Trinajstić information content (AvgIpc) is 2.61. The van der Waals surface area contributed by atoms with Crippen LogP contribution in [0.5, 0.6) is 0 Å². The highest BCUT2D eigenvalue weighted by Gasteiger charge is 2.24. The first-order chi connectivity index (χ1) is 13.0. The topological polar surface area (TPSA) is 163 Å². The summed E-state index contributed by atoms with van der Waals surface area (Å²) in [6.07, 6.45) is -1.17. The van der Waals surface area contributed by atoms with E-state index in [9.17, 15) is 14.4 Å². The van der Waals surface area contributed by atoms with E-state index in [1.807, 2.05) is 0 Å². The lowest BCUT2D eigenvalue weighted by Crippen LogP contribution is -2.48. The Morgan fingerprint density at radius 3 is 2.32 bits per heavy atom. The Bertz CT molecular complexity index is 725. The standard InChI is InChI=1S/C18H26N4O6/c1-18(2,3)28-17(26)21-13(8-9-14(23)24)16(25)20-10-11-4-6-12(7-5-11)15(19)22-27/h4-7,13,27H,8-10H2,1-3H3,(H2,19,22)(H,20,25)(H,21,26)(H,23,24). The van der Waals surface area contributed by atoms with E-state index < -0.39 is 29.6 Å². The van der Waals surface area contributed by atoms with Gasteiger partial charge in [-0.3, -0.25) is 9.59 Å². The molecule has 0 aromatic heterocycles. The molecular weight excluding hydrogens is 368 g/mol. The lowest BCUT2D eigenvalue weighted by Gasteiger charge is -2.23. The van der Waals surface area contributed by atoms with Crippen molar-refractivity contribution in [3.05, 3.63) is 35.4 Å². The Hall–Kier alpha value is -3.30. The van der Waals surface area contributed by atoms with Crippen LogP contribution in [0.1, 0.15) is 44.7 Å². The second kappa shape index (κ2) is 10.1. The second-order valence-corrected chi connectivity index (χ2v) is 7.03. The monoisotopic (exact) mass is 394 g/mol. The van der Waals surface area contributed by atoms with Gasteiger partial charge >= 0.3 is 12.1 Å². The number of nitrogens with zero attached hydrogens (tertiary/aromatic N) is 1. The number of carbonyl (C=O) groups is 3. The van der Waals surface area contributed by atoms with Gasteiger partial charge in [-0.15, -0.1) is 0 Å². The number of oxime groups is 1. The average molecular weight is 394 g/mol. The molecule has 28 heavy (non-hydrogen) atoms. The Morgan fingerprint density at radius 1 is 1.21 bits per heavy atom. The number of nitrogens with one attached hydrogen (secondary N) is 2. The summed E-state index contributed by atoms with van der Waals surface area (Å²) in [4.78, 5) is 35.1. The van der Waals surface area contributed by atoms with Gasteiger partial charge in [-0.2, -0.15) is 0 Å². The number of amidine groups is 1. The van der Waals surface area contributed by atoms with Crippen molar-refractivity contribution in [2.24, 2.45) is 10.9 Å². The molecule has 1 unspecified atom stereocenters. The molecule has 1 aromatic rings. The lowest BCUT2D eigenvalue weighted by molar-refractivity contribution is -0.137. The Morgan fingerprint density at radius 2 is 1.82 bits per heavy atom. The van der Waals surface area contributed by atoms with Crippen molar-refractivity contribution in [3.63, 3.8) is 0 Å². The van der Waals surface area contributed by atoms with Gasteiger partial charge in [0.25, 0.3) is 0 Å². The first-order valence-electron chi connectivity index (χ1n) is 8.57. The van der Waals surface area contributed by atoms with Crippen LogP contribution >= 0.6 is 0 Å². The molecule has 10 heteroatoms. The summed E-state index contributed by atoms with van der Waals surface area (Å²) in [5.74, 6) is -1.65. The van der Waals surface area contributed by atoms with Gasteiger partial charge < -0.3 is 31.4 Å². The number of aliphatic carboxylic acids is 1. The molecule has 6 N–H and O–H groups in total. The van der Waals surface area contributed by atoms with Gasteiger partial charge in [0.2, 0.25) is 5.91 Å². The van der Waals surface area contributed by atoms with E-state index in [-0.39, 0.29) is 25.2 Å². The molecule has 0 fully saturated rings. The van der Waals surface area contributed by atoms with Gasteiger partial charge in [0.05, 0.1) is 0 Å². The van der Waals surface area contributed by atoms with Gasteiger partial charge in [-0.25, -0.2) is 4.79 Å². The maximum absolute atomic E-state index is 12.4. The Balaban J connectivity index is 2.71. The molecule has 0 aliphatic heterocycles. The van der Waals surface area contributed by atoms with Crippen LogP contribution in [0.2, 0.25) is 0 Å². The number of hydrogen-bond donors (Lipinski definition) is 5. The molecule has 0 aliphatic carbocycles. The minimum Gasteiger partial charge on any atom is -0.481 e. The number of nitrogens with two attached hydrogens (primary N) is 1. The molecule has 0 saturated heterocycles. The molecule has 154 valence electrons. The summed E-state index contributed by atoms with van der Waals surface area (Å²) in [6.45, 7) is 5.18. The summed E-state index contributed by atoms with van der Waals surface area (Å²) in [7, 11) is 0. The van der Waals surface area contributed by atoms with Crippen molar-refractivity contribution >= 4 is 23.8 Å². The SMILES string of the molecule is CC(C)(C)OC(=O)NC(CCC(=O)O)C(=O)NCc1ccc(C(N)=NO)cc1. The second-order valence-electron chi connectivity index (χ2n) is 7.03. The fourth-order valence-electron chi connectivity index (χ4n) is 2.15. The number of alkyl carbamates (subject to hydrolysis) is 1. The number of rotatable bonds is 8. The molecule has 0 radical (unpaired) electrons. The molecule has 0 heterocycles. The fourth-order valence-corrected chi connectivity index (χ4v) is 2.15. The molecule has 10 nitrogen and oxygen atoms in total. The smallest absolute Gasteiger partial charge is 0.408 e. The van der Waals surface area contributed by atoms with Crippen molar-refractivity contribution in [2.45, 2.75) is 51.8 Å². The highest BCUT2D eigenvalue weighted by Crippen LogP contribution is 2.09. The molecule has 0 aliphatic rings. The number of carboxylic acids is 1. The third kappa shape index (κ3) is 8.39. The maximum atomic E-state index is 12.4. The van der Waals surface area contributed by atoms with Gasteiger partial charge in [0, 0.05) is 18.5 Å². The number of amides is 2. The lowest BCUT2D eigenvalue weighted by atomic mass is 10.1. The largest absolute Gasteiger partial charge is 0.481 e. The predicted molar refractivity (Wildman–Crippen MR) is 101 cm³/mol. The van der Waals surface area contributed by atoms with E-state index in [2.05, 4.69) is 15.8 Å². The summed E-state index contributed by atoms with van der Waals surface area (Å²) in [6, 6.07) is 5.55. The van der Waals surface area contributed by atoms with Crippen LogP contribution in [0.4, 0.5) is 4.79 Å². The van der Waals surface area contributed by atoms with Crippen molar-refractivity contribution in [2.75, 3.05) is 0 Å². The van der Waals surface area contributed by atoms with Gasteiger partial charge in [-0.1, -0.05) is 29.4 Å². The van der Waals surface area contributed by atoms with E-state index in [0.717, 1.165) is 5.56 Å². The summed E-state index contributed by atoms with van der Waals surface area (Å²) in [5.41, 5.74) is 5.98. The summed E-state index contributed by atoms with van der Waals surface area (Å²) in [5, 5.41) is 25.4. The van der Waals surface area contributed by atoms with Crippen LogP contribution in [0.25, 0.3) is 0 Å². The molecule has 2 amide bonds. The van der Waals surface area contributed by atoms with E-state index in [1.165, 1.54) is 0 Å². The zero-order valence-electron chi connectivity index (χ0n) is 16.1. The van der Waals surface area contributed by atoms with Crippen molar-refractivity contribution in [1.82, 2.24) is 10.6 Å².